The summed E-state index contributed by atoms with van der Waals surface area (Å²) in [5.41, 5.74) is 4.24. The third-order valence-corrected chi connectivity index (χ3v) is 6.97. The van der Waals surface area contributed by atoms with Crippen molar-refractivity contribution in [2.24, 2.45) is 0 Å². The Bertz CT molecular complexity index is 1210. The monoisotopic (exact) mass is 418 g/mol. The van der Waals surface area contributed by atoms with E-state index in [0.29, 0.717) is 22.4 Å². The molecule has 6 nitrogen and oxygen atoms in total. The number of anilines is 1. The third kappa shape index (κ3) is 3.37. The van der Waals surface area contributed by atoms with Crippen LogP contribution in [0.3, 0.4) is 0 Å². The molecule has 160 valence electrons. The molecule has 0 saturated carbocycles. The summed E-state index contributed by atoms with van der Waals surface area (Å²) in [6.45, 7) is 4.72. The molecule has 0 aliphatic carbocycles. The standard InChI is InChI=1S/C24H27FN6/c25-18-5-4-6-20-22(18)23(29-28-20)24-26-19-8-7-17(15-21(19)27-24)31-13-9-16(10-14-31)30-11-2-1-3-12-30/h4-8,15-16H,1-3,9-14H2,(H,26,27)(H,28,29). The van der Waals surface area contributed by atoms with E-state index in [-0.39, 0.29) is 5.82 Å². The highest BCUT2D eigenvalue weighted by atomic mass is 19.1. The Labute approximate surface area is 180 Å². The molecule has 0 bridgehead atoms. The average Bonchev–Trinajstić information content (AvgIpc) is 3.44. The number of aromatic nitrogens is 4. The number of rotatable bonds is 3. The van der Waals surface area contributed by atoms with Gasteiger partial charge in [-0.3, -0.25) is 5.10 Å². The molecule has 7 heteroatoms. The van der Waals surface area contributed by atoms with Gasteiger partial charge in [-0.15, -0.1) is 0 Å². The lowest BCUT2D eigenvalue weighted by atomic mass is 9.99. The predicted molar refractivity (Wildman–Crippen MR) is 122 cm³/mol. The fourth-order valence-electron chi connectivity index (χ4n) is 5.28. The molecule has 2 N–H and O–H groups in total. The van der Waals surface area contributed by atoms with Gasteiger partial charge in [-0.25, -0.2) is 9.37 Å². The Balaban J connectivity index is 1.24. The molecule has 0 unspecified atom stereocenters. The molecule has 2 aromatic carbocycles. The first-order chi connectivity index (χ1) is 15.3. The Morgan fingerprint density at radius 1 is 0.935 bits per heavy atom. The van der Waals surface area contributed by atoms with Crippen LogP contribution in [-0.4, -0.2) is 57.3 Å². The smallest absolute Gasteiger partial charge is 0.159 e. The zero-order valence-corrected chi connectivity index (χ0v) is 17.6. The van der Waals surface area contributed by atoms with Crippen molar-refractivity contribution in [1.29, 1.82) is 0 Å². The van der Waals surface area contributed by atoms with E-state index in [4.69, 9.17) is 0 Å². The van der Waals surface area contributed by atoms with E-state index >= 15 is 0 Å². The van der Waals surface area contributed by atoms with Gasteiger partial charge in [0.05, 0.1) is 21.9 Å². The number of nitrogens with zero attached hydrogens (tertiary/aromatic N) is 4. The molecule has 0 amide bonds. The number of H-pyrrole nitrogens is 2. The molecule has 2 aliphatic heterocycles. The SMILES string of the molecule is Fc1cccc2[nH]nc(-c3nc4ccc(N5CCC(N6CCCCC6)CC5)cc4[nH]3)c12. The molecule has 2 fully saturated rings. The lowest BCUT2D eigenvalue weighted by Gasteiger charge is -2.41. The van der Waals surface area contributed by atoms with E-state index in [1.807, 2.05) is 12.1 Å². The summed E-state index contributed by atoms with van der Waals surface area (Å²) >= 11 is 0. The number of nitrogens with one attached hydrogen (secondary N) is 2. The fourth-order valence-corrected chi connectivity index (χ4v) is 5.28. The fraction of sp³-hybridized carbons (Fsp3) is 0.417. The van der Waals surface area contributed by atoms with Crippen molar-refractivity contribution in [3.8, 4) is 11.5 Å². The Morgan fingerprint density at radius 2 is 1.77 bits per heavy atom. The second-order valence-electron chi connectivity index (χ2n) is 8.84. The van der Waals surface area contributed by atoms with Crippen molar-refractivity contribution in [3.63, 3.8) is 0 Å². The first-order valence-corrected chi connectivity index (χ1v) is 11.4. The molecular formula is C24H27FN6. The van der Waals surface area contributed by atoms with Crippen LogP contribution in [0.2, 0.25) is 0 Å². The van der Waals surface area contributed by atoms with E-state index in [1.54, 1.807) is 6.07 Å². The molecule has 4 aromatic rings. The maximum absolute atomic E-state index is 14.4. The van der Waals surface area contributed by atoms with Gasteiger partial charge in [0.25, 0.3) is 0 Å². The van der Waals surface area contributed by atoms with E-state index in [9.17, 15) is 4.39 Å². The van der Waals surface area contributed by atoms with Crippen molar-refractivity contribution in [1.82, 2.24) is 25.1 Å². The third-order valence-electron chi connectivity index (χ3n) is 6.97. The molecule has 2 aliphatic rings. The number of piperidine rings is 2. The average molecular weight is 419 g/mol. The van der Waals surface area contributed by atoms with Gasteiger partial charge in [0, 0.05) is 24.8 Å². The maximum atomic E-state index is 14.4. The zero-order valence-electron chi connectivity index (χ0n) is 17.6. The Hall–Kier alpha value is -2.93. The van der Waals surface area contributed by atoms with Crippen LogP contribution in [0.25, 0.3) is 33.5 Å². The summed E-state index contributed by atoms with van der Waals surface area (Å²) in [5.74, 6) is 0.297. The molecular weight excluding hydrogens is 391 g/mol. The molecule has 2 saturated heterocycles. The number of aromatic amines is 2. The normalized spacial score (nSPS) is 18.9. The summed E-state index contributed by atoms with van der Waals surface area (Å²) in [6.07, 6.45) is 6.56. The van der Waals surface area contributed by atoms with Crippen LogP contribution < -0.4 is 4.90 Å². The minimum atomic E-state index is -0.293. The van der Waals surface area contributed by atoms with Crippen molar-refractivity contribution in [2.75, 3.05) is 31.1 Å². The van der Waals surface area contributed by atoms with E-state index < -0.39 is 0 Å². The number of likely N-dealkylation sites (tertiary alicyclic amines) is 1. The first-order valence-electron chi connectivity index (χ1n) is 11.4. The van der Waals surface area contributed by atoms with Gasteiger partial charge >= 0.3 is 0 Å². The summed E-state index contributed by atoms with van der Waals surface area (Å²) in [6, 6.07) is 12.1. The van der Waals surface area contributed by atoms with Gasteiger partial charge in [-0.1, -0.05) is 12.5 Å². The van der Waals surface area contributed by atoms with Crippen LogP contribution >= 0.6 is 0 Å². The summed E-state index contributed by atoms with van der Waals surface area (Å²) in [7, 11) is 0. The molecule has 0 atom stereocenters. The molecule has 4 heterocycles. The van der Waals surface area contributed by atoms with Gasteiger partial charge in [0.15, 0.2) is 5.82 Å². The minimum absolute atomic E-state index is 0.293. The van der Waals surface area contributed by atoms with Crippen LogP contribution in [0.15, 0.2) is 36.4 Å². The number of hydrogen-bond donors (Lipinski definition) is 2. The second-order valence-corrected chi connectivity index (χ2v) is 8.84. The minimum Gasteiger partial charge on any atom is -0.371 e. The van der Waals surface area contributed by atoms with Crippen LogP contribution in [0.4, 0.5) is 10.1 Å². The van der Waals surface area contributed by atoms with Gasteiger partial charge in [-0.05, 0) is 69.1 Å². The molecule has 2 aromatic heterocycles. The van der Waals surface area contributed by atoms with Gasteiger partial charge < -0.3 is 14.8 Å². The van der Waals surface area contributed by atoms with Crippen LogP contribution in [0.1, 0.15) is 32.1 Å². The van der Waals surface area contributed by atoms with Crippen molar-refractivity contribution < 1.29 is 4.39 Å². The quantitative estimate of drug-likeness (QED) is 0.506. The highest BCUT2D eigenvalue weighted by Crippen LogP contribution is 2.30. The number of benzene rings is 2. The Kier molecular flexibility index (Phi) is 4.64. The van der Waals surface area contributed by atoms with E-state index in [0.717, 1.165) is 30.2 Å². The summed E-state index contributed by atoms with van der Waals surface area (Å²) in [5, 5.41) is 7.69. The molecule has 0 radical (unpaired) electrons. The predicted octanol–water partition coefficient (Wildman–Crippen LogP) is 4.70. The Morgan fingerprint density at radius 3 is 2.61 bits per heavy atom. The number of hydrogen-bond acceptors (Lipinski definition) is 4. The lowest BCUT2D eigenvalue weighted by molar-refractivity contribution is 0.141. The largest absolute Gasteiger partial charge is 0.371 e. The van der Waals surface area contributed by atoms with Gasteiger partial charge in [0.2, 0.25) is 0 Å². The second kappa shape index (κ2) is 7.64. The molecule has 31 heavy (non-hydrogen) atoms. The first kappa shape index (κ1) is 18.8. The summed E-state index contributed by atoms with van der Waals surface area (Å²) < 4.78 is 14.4. The van der Waals surface area contributed by atoms with E-state index in [1.165, 1.54) is 56.9 Å². The zero-order chi connectivity index (χ0) is 20.8. The van der Waals surface area contributed by atoms with Crippen molar-refractivity contribution >= 4 is 27.6 Å². The van der Waals surface area contributed by atoms with Crippen LogP contribution in [0.5, 0.6) is 0 Å². The van der Waals surface area contributed by atoms with E-state index in [2.05, 4.69) is 42.1 Å². The number of imidazole rings is 1. The summed E-state index contributed by atoms with van der Waals surface area (Å²) in [4.78, 5) is 13.2. The van der Waals surface area contributed by atoms with Gasteiger partial charge in [-0.2, -0.15) is 5.10 Å². The molecule has 0 spiro atoms. The number of halogens is 1. The molecule has 6 rings (SSSR count). The van der Waals surface area contributed by atoms with Gasteiger partial charge in [0.1, 0.15) is 11.5 Å². The van der Waals surface area contributed by atoms with Crippen LogP contribution in [0, 0.1) is 5.82 Å². The topological polar surface area (TPSA) is 63.8 Å². The highest BCUT2D eigenvalue weighted by molar-refractivity contribution is 5.93. The van der Waals surface area contributed by atoms with Crippen LogP contribution in [-0.2, 0) is 0 Å². The van der Waals surface area contributed by atoms with Crippen molar-refractivity contribution in [3.05, 3.63) is 42.2 Å². The number of fused-ring (bicyclic) bond motifs is 2. The highest BCUT2D eigenvalue weighted by Gasteiger charge is 2.26. The van der Waals surface area contributed by atoms with Crippen molar-refractivity contribution in [2.45, 2.75) is 38.1 Å². The lowest BCUT2D eigenvalue weighted by Crippen LogP contribution is -2.46. The maximum Gasteiger partial charge on any atom is 0.159 e.